The molecular formula is C15H15F5N2O4. The number of benzene rings is 1. The molecular weight excluding hydrogens is 367 g/mol. The summed E-state index contributed by atoms with van der Waals surface area (Å²) in [6, 6.07) is 5.94. The lowest BCUT2D eigenvalue weighted by Crippen LogP contribution is -2.63. The van der Waals surface area contributed by atoms with Gasteiger partial charge < -0.3 is 9.84 Å². The van der Waals surface area contributed by atoms with Gasteiger partial charge in [-0.1, -0.05) is 18.7 Å². The van der Waals surface area contributed by atoms with E-state index in [1.165, 1.54) is 31.4 Å². The van der Waals surface area contributed by atoms with Gasteiger partial charge in [-0.2, -0.15) is 8.78 Å². The second-order valence-electron chi connectivity index (χ2n) is 5.53. The number of hydrogen-bond acceptors (Lipinski definition) is 5. The molecule has 0 radical (unpaired) electrons. The highest BCUT2D eigenvalue weighted by molar-refractivity contribution is 5.79. The number of alkyl halides is 5. The molecule has 0 saturated carbocycles. The van der Waals surface area contributed by atoms with Crippen molar-refractivity contribution in [2.75, 3.05) is 7.11 Å². The highest BCUT2D eigenvalue weighted by Gasteiger charge is 2.66. The van der Waals surface area contributed by atoms with Crippen LogP contribution >= 0.6 is 0 Å². The molecule has 144 valence electrons. The van der Waals surface area contributed by atoms with E-state index in [-0.39, 0.29) is 10.7 Å². The summed E-state index contributed by atoms with van der Waals surface area (Å²) < 4.78 is 72.3. The molecule has 1 atom stereocenters. The Bertz CT molecular complexity index is 692. The highest BCUT2D eigenvalue weighted by atomic mass is 19.4. The van der Waals surface area contributed by atoms with Gasteiger partial charge in [0.2, 0.25) is 5.91 Å². The summed E-state index contributed by atoms with van der Waals surface area (Å²) in [4.78, 5) is 12.3. The van der Waals surface area contributed by atoms with E-state index in [1.54, 1.807) is 0 Å². The molecule has 1 aliphatic heterocycles. The molecule has 1 saturated heterocycles. The zero-order valence-corrected chi connectivity index (χ0v) is 13.4. The SMILES string of the molecule is C=C1CC(O)(C(F)(F)OC(F)(F)F)N(C(=O)Cc2ccc(OC)cc2)N1. The van der Waals surface area contributed by atoms with Gasteiger partial charge >= 0.3 is 12.5 Å². The lowest BCUT2D eigenvalue weighted by atomic mass is 10.1. The van der Waals surface area contributed by atoms with Gasteiger partial charge in [0.15, 0.2) is 0 Å². The van der Waals surface area contributed by atoms with Crippen LogP contribution < -0.4 is 10.2 Å². The van der Waals surface area contributed by atoms with Crippen LogP contribution in [-0.4, -0.2) is 41.3 Å². The molecule has 6 nitrogen and oxygen atoms in total. The Morgan fingerprint density at radius 3 is 2.38 bits per heavy atom. The Labute approximate surface area is 144 Å². The van der Waals surface area contributed by atoms with Crippen molar-refractivity contribution in [1.29, 1.82) is 0 Å². The third kappa shape index (κ3) is 4.05. The lowest BCUT2D eigenvalue weighted by molar-refractivity contribution is -0.470. The Hall–Kier alpha value is -2.40. The van der Waals surface area contributed by atoms with Crippen LogP contribution in [0.1, 0.15) is 12.0 Å². The number of carbonyl (C=O) groups excluding carboxylic acids is 1. The van der Waals surface area contributed by atoms with E-state index in [1.807, 2.05) is 0 Å². The van der Waals surface area contributed by atoms with Crippen molar-refractivity contribution >= 4 is 5.91 Å². The molecule has 2 rings (SSSR count). The molecule has 0 bridgehead atoms. The van der Waals surface area contributed by atoms with Crippen LogP contribution in [0.4, 0.5) is 22.0 Å². The summed E-state index contributed by atoms with van der Waals surface area (Å²) in [7, 11) is 1.42. The summed E-state index contributed by atoms with van der Waals surface area (Å²) >= 11 is 0. The Kier molecular flexibility index (Phi) is 5.15. The Morgan fingerprint density at radius 1 is 1.31 bits per heavy atom. The van der Waals surface area contributed by atoms with Crippen molar-refractivity contribution in [1.82, 2.24) is 10.4 Å². The fourth-order valence-electron chi connectivity index (χ4n) is 2.39. The van der Waals surface area contributed by atoms with Gasteiger partial charge in [-0.3, -0.25) is 10.2 Å². The van der Waals surface area contributed by atoms with Crippen molar-refractivity contribution in [2.45, 2.75) is 31.0 Å². The van der Waals surface area contributed by atoms with E-state index in [0.717, 1.165) is 0 Å². The van der Waals surface area contributed by atoms with Gasteiger partial charge in [0, 0.05) is 12.1 Å². The number of aliphatic hydroxyl groups is 1. The monoisotopic (exact) mass is 382 g/mol. The van der Waals surface area contributed by atoms with Gasteiger partial charge in [0.05, 0.1) is 13.5 Å². The van der Waals surface area contributed by atoms with Gasteiger partial charge in [-0.05, 0) is 17.7 Å². The van der Waals surface area contributed by atoms with Crippen molar-refractivity contribution in [3.05, 3.63) is 42.1 Å². The van der Waals surface area contributed by atoms with Gasteiger partial charge in [0.25, 0.3) is 5.72 Å². The van der Waals surface area contributed by atoms with Crippen LogP contribution in [0.5, 0.6) is 5.75 Å². The topological polar surface area (TPSA) is 71.0 Å². The molecule has 1 aromatic carbocycles. The fraction of sp³-hybridized carbons (Fsp3) is 0.400. The minimum atomic E-state index is -5.73. The maximum Gasteiger partial charge on any atom is 0.527 e. The van der Waals surface area contributed by atoms with Gasteiger partial charge in [-0.15, -0.1) is 13.2 Å². The number of hydrogen-bond donors (Lipinski definition) is 2. The van der Waals surface area contributed by atoms with E-state index in [0.29, 0.717) is 11.3 Å². The van der Waals surface area contributed by atoms with Crippen molar-refractivity contribution < 1.29 is 41.3 Å². The molecule has 0 aliphatic carbocycles. The maximum atomic E-state index is 13.9. The van der Waals surface area contributed by atoms with Crippen molar-refractivity contribution in [2.24, 2.45) is 0 Å². The number of methoxy groups -OCH3 is 1. The Morgan fingerprint density at radius 2 is 1.88 bits per heavy atom. The van der Waals surface area contributed by atoms with Crippen LogP contribution in [0, 0.1) is 0 Å². The average Bonchev–Trinajstić information content (AvgIpc) is 2.82. The van der Waals surface area contributed by atoms with Crippen LogP contribution in [-0.2, 0) is 16.0 Å². The van der Waals surface area contributed by atoms with Gasteiger partial charge in [0.1, 0.15) is 5.75 Å². The van der Waals surface area contributed by atoms with E-state index >= 15 is 0 Å². The van der Waals surface area contributed by atoms with Crippen LogP contribution in [0.3, 0.4) is 0 Å². The molecule has 0 aromatic heterocycles. The number of nitrogens with one attached hydrogen (secondary N) is 1. The second kappa shape index (κ2) is 6.72. The number of hydrazine groups is 1. The van der Waals surface area contributed by atoms with E-state index in [9.17, 15) is 31.9 Å². The van der Waals surface area contributed by atoms with Gasteiger partial charge in [-0.25, -0.2) is 9.75 Å². The Balaban J connectivity index is 2.24. The predicted octanol–water partition coefficient (Wildman–Crippen LogP) is 2.31. The number of halogens is 5. The summed E-state index contributed by atoms with van der Waals surface area (Å²) in [6.45, 7) is 3.27. The minimum Gasteiger partial charge on any atom is -0.497 e. The van der Waals surface area contributed by atoms with Crippen LogP contribution in [0.2, 0.25) is 0 Å². The first-order chi connectivity index (χ1) is 11.9. The normalized spacial score (nSPS) is 20.9. The van der Waals surface area contributed by atoms with E-state index in [4.69, 9.17) is 4.74 Å². The third-order valence-corrected chi connectivity index (χ3v) is 3.57. The molecule has 26 heavy (non-hydrogen) atoms. The maximum absolute atomic E-state index is 13.9. The molecule has 1 amide bonds. The first-order valence-electron chi connectivity index (χ1n) is 7.15. The summed E-state index contributed by atoms with van der Waals surface area (Å²) in [5, 5.41) is 10.1. The minimum absolute atomic E-state index is 0.00526. The molecule has 1 heterocycles. The lowest BCUT2D eigenvalue weighted by Gasteiger charge is -2.37. The second-order valence-corrected chi connectivity index (χ2v) is 5.53. The largest absolute Gasteiger partial charge is 0.527 e. The first-order valence-corrected chi connectivity index (χ1v) is 7.15. The molecule has 2 N–H and O–H groups in total. The first kappa shape index (κ1) is 19.9. The molecule has 11 heteroatoms. The quantitative estimate of drug-likeness (QED) is 0.765. The summed E-state index contributed by atoms with van der Waals surface area (Å²) in [5.41, 5.74) is -1.45. The zero-order chi connectivity index (χ0) is 19.8. The third-order valence-electron chi connectivity index (χ3n) is 3.57. The molecule has 1 fully saturated rings. The van der Waals surface area contributed by atoms with Crippen molar-refractivity contribution in [3.8, 4) is 5.75 Å². The predicted molar refractivity (Wildman–Crippen MR) is 77.5 cm³/mol. The number of ether oxygens (including phenoxy) is 2. The molecule has 1 unspecified atom stereocenters. The number of carbonyl (C=O) groups is 1. The zero-order valence-electron chi connectivity index (χ0n) is 13.4. The smallest absolute Gasteiger partial charge is 0.497 e. The fourth-order valence-corrected chi connectivity index (χ4v) is 2.39. The van der Waals surface area contributed by atoms with Crippen LogP contribution in [0.25, 0.3) is 0 Å². The molecule has 1 aliphatic rings. The van der Waals surface area contributed by atoms with E-state index < -0.39 is 36.9 Å². The summed E-state index contributed by atoms with van der Waals surface area (Å²) in [6.07, 6.45) is -12.4. The van der Waals surface area contributed by atoms with Crippen LogP contribution in [0.15, 0.2) is 36.5 Å². The standard InChI is InChI=1S/C15H15F5N2O4/c1-9-8-13(24,14(16,17)26-15(18,19)20)22(21-9)12(23)7-10-3-5-11(25-2)6-4-10/h3-6,21,24H,1,7-8H2,2H3. The molecule has 0 spiro atoms. The summed E-state index contributed by atoms with van der Waals surface area (Å²) in [5.74, 6) is -0.628. The number of rotatable bonds is 5. The average molecular weight is 382 g/mol. The van der Waals surface area contributed by atoms with E-state index in [2.05, 4.69) is 16.7 Å². The molecule has 1 aromatic rings. The van der Waals surface area contributed by atoms with Crippen molar-refractivity contribution in [3.63, 3.8) is 0 Å². The highest BCUT2D eigenvalue weighted by Crippen LogP contribution is 2.43. The number of nitrogens with zero attached hydrogens (tertiary/aromatic N) is 1. The number of amides is 1.